The zero-order valence-corrected chi connectivity index (χ0v) is 18.7. The minimum absolute atomic E-state index is 0.131. The van der Waals surface area contributed by atoms with Crippen LogP contribution in [0.1, 0.15) is 53.1 Å². The SMILES string of the molecule is O=C(Nc1ccc([C@@H]2C[C@H]2NCc2ccccc2)cc1)c1cccc(N2CCCCC2=O)c1. The van der Waals surface area contributed by atoms with Crippen LogP contribution in [0, 0.1) is 0 Å². The highest BCUT2D eigenvalue weighted by Crippen LogP contribution is 2.41. The molecule has 168 valence electrons. The van der Waals surface area contributed by atoms with E-state index >= 15 is 0 Å². The number of carbonyl (C=O) groups is 2. The van der Waals surface area contributed by atoms with Crippen molar-refractivity contribution in [2.45, 2.75) is 44.2 Å². The van der Waals surface area contributed by atoms with Crippen LogP contribution in [0.4, 0.5) is 11.4 Å². The van der Waals surface area contributed by atoms with E-state index < -0.39 is 0 Å². The van der Waals surface area contributed by atoms with Crippen molar-refractivity contribution >= 4 is 23.2 Å². The van der Waals surface area contributed by atoms with Crippen LogP contribution >= 0.6 is 0 Å². The van der Waals surface area contributed by atoms with Gasteiger partial charge in [-0.05, 0) is 60.7 Å². The molecular formula is C28H29N3O2. The van der Waals surface area contributed by atoms with E-state index in [0.717, 1.165) is 37.2 Å². The second-order valence-corrected chi connectivity index (χ2v) is 8.94. The summed E-state index contributed by atoms with van der Waals surface area (Å²) in [6.07, 6.45) is 3.65. The van der Waals surface area contributed by atoms with Gasteiger partial charge in [0, 0.05) is 48.4 Å². The molecule has 2 aliphatic rings. The minimum atomic E-state index is -0.164. The summed E-state index contributed by atoms with van der Waals surface area (Å²) in [5, 5.41) is 6.61. The van der Waals surface area contributed by atoms with Crippen LogP contribution in [0.5, 0.6) is 0 Å². The maximum absolute atomic E-state index is 12.8. The Bertz CT molecular complexity index is 1130. The van der Waals surface area contributed by atoms with E-state index in [1.54, 1.807) is 17.0 Å². The van der Waals surface area contributed by atoms with Crippen molar-refractivity contribution in [1.82, 2.24) is 5.32 Å². The van der Waals surface area contributed by atoms with Crippen LogP contribution in [0.3, 0.4) is 0 Å². The molecule has 0 radical (unpaired) electrons. The van der Waals surface area contributed by atoms with Gasteiger partial charge in [-0.2, -0.15) is 0 Å². The lowest BCUT2D eigenvalue weighted by Gasteiger charge is -2.27. The fraction of sp³-hybridized carbons (Fsp3) is 0.286. The van der Waals surface area contributed by atoms with Crippen LogP contribution in [0.25, 0.3) is 0 Å². The molecule has 1 aliphatic heterocycles. The predicted molar refractivity (Wildman–Crippen MR) is 131 cm³/mol. The van der Waals surface area contributed by atoms with Crippen molar-refractivity contribution in [2.75, 3.05) is 16.8 Å². The molecule has 3 aromatic carbocycles. The number of anilines is 2. The molecule has 0 aromatic heterocycles. The molecule has 2 N–H and O–H groups in total. The third-order valence-corrected chi connectivity index (χ3v) is 6.54. The third-order valence-electron chi connectivity index (χ3n) is 6.54. The molecule has 1 heterocycles. The number of nitrogens with one attached hydrogen (secondary N) is 2. The predicted octanol–water partition coefficient (Wildman–Crippen LogP) is 5.10. The molecular weight excluding hydrogens is 410 g/mol. The molecule has 1 saturated carbocycles. The highest BCUT2D eigenvalue weighted by molar-refractivity contribution is 6.05. The Labute approximate surface area is 194 Å². The smallest absolute Gasteiger partial charge is 0.255 e. The van der Waals surface area contributed by atoms with Crippen LogP contribution in [0.15, 0.2) is 78.9 Å². The van der Waals surface area contributed by atoms with Crippen LogP contribution in [0.2, 0.25) is 0 Å². The zero-order chi connectivity index (χ0) is 22.6. The summed E-state index contributed by atoms with van der Waals surface area (Å²) in [7, 11) is 0. The summed E-state index contributed by atoms with van der Waals surface area (Å²) < 4.78 is 0. The van der Waals surface area contributed by atoms with Gasteiger partial charge in [-0.25, -0.2) is 0 Å². The second kappa shape index (κ2) is 9.59. The fourth-order valence-corrected chi connectivity index (χ4v) is 4.54. The molecule has 2 amide bonds. The molecule has 1 saturated heterocycles. The Balaban J connectivity index is 1.17. The number of amides is 2. The Morgan fingerprint density at radius 2 is 1.76 bits per heavy atom. The number of nitrogens with zero attached hydrogens (tertiary/aromatic N) is 1. The molecule has 5 heteroatoms. The minimum Gasteiger partial charge on any atom is -0.322 e. The van der Waals surface area contributed by atoms with Crippen molar-refractivity contribution < 1.29 is 9.59 Å². The highest BCUT2D eigenvalue weighted by atomic mass is 16.2. The van der Waals surface area contributed by atoms with E-state index in [0.29, 0.717) is 30.5 Å². The Kier molecular flexibility index (Phi) is 6.22. The molecule has 5 nitrogen and oxygen atoms in total. The van der Waals surface area contributed by atoms with Crippen LogP contribution in [-0.2, 0) is 11.3 Å². The Hall–Kier alpha value is -3.44. The van der Waals surface area contributed by atoms with Crippen molar-refractivity contribution in [3.8, 4) is 0 Å². The van der Waals surface area contributed by atoms with Gasteiger partial charge in [0.15, 0.2) is 0 Å². The zero-order valence-electron chi connectivity index (χ0n) is 18.7. The van der Waals surface area contributed by atoms with Gasteiger partial charge in [0.05, 0.1) is 0 Å². The summed E-state index contributed by atoms with van der Waals surface area (Å²) in [6.45, 7) is 1.60. The average molecular weight is 440 g/mol. The lowest BCUT2D eigenvalue weighted by molar-refractivity contribution is -0.119. The van der Waals surface area contributed by atoms with E-state index in [-0.39, 0.29) is 11.8 Å². The lowest BCUT2D eigenvalue weighted by Crippen LogP contribution is -2.35. The van der Waals surface area contributed by atoms with Gasteiger partial charge in [-0.1, -0.05) is 48.5 Å². The Morgan fingerprint density at radius 1 is 0.939 bits per heavy atom. The maximum Gasteiger partial charge on any atom is 0.255 e. The topological polar surface area (TPSA) is 61.4 Å². The van der Waals surface area contributed by atoms with Gasteiger partial charge in [0.2, 0.25) is 5.91 Å². The van der Waals surface area contributed by atoms with Gasteiger partial charge < -0.3 is 15.5 Å². The van der Waals surface area contributed by atoms with Crippen molar-refractivity contribution in [3.05, 3.63) is 95.6 Å². The van der Waals surface area contributed by atoms with Gasteiger partial charge in [0.25, 0.3) is 5.91 Å². The maximum atomic E-state index is 12.8. The standard InChI is InChI=1S/C28H29N3O2/c32-27-11-4-5-16-31(27)24-10-6-9-22(17-24)28(33)30-23-14-12-21(13-15-23)25-18-26(25)29-19-20-7-2-1-3-8-20/h1-3,6-10,12-15,17,25-26,29H,4-5,11,16,18-19H2,(H,30,33)/t25-,26+/m0/s1. The number of piperidine rings is 1. The molecule has 0 unspecified atom stereocenters. The first kappa shape index (κ1) is 21.4. The first-order chi connectivity index (χ1) is 16.2. The van der Waals surface area contributed by atoms with E-state index in [9.17, 15) is 9.59 Å². The van der Waals surface area contributed by atoms with E-state index in [2.05, 4.69) is 47.0 Å². The van der Waals surface area contributed by atoms with E-state index in [4.69, 9.17) is 0 Å². The molecule has 2 atom stereocenters. The first-order valence-corrected chi connectivity index (χ1v) is 11.8. The second-order valence-electron chi connectivity index (χ2n) is 8.94. The van der Waals surface area contributed by atoms with E-state index in [1.165, 1.54) is 11.1 Å². The van der Waals surface area contributed by atoms with Gasteiger partial charge in [0.1, 0.15) is 0 Å². The normalized spacial score (nSPS) is 19.9. The van der Waals surface area contributed by atoms with Crippen molar-refractivity contribution in [3.63, 3.8) is 0 Å². The van der Waals surface area contributed by atoms with Crippen LogP contribution in [-0.4, -0.2) is 24.4 Å². The number of hydrogen-bond acceptors (Lipinski definition) is 3. The average Bonchev–Trinajstić information content (AvgIpc) is 3.64. The number of rotatable bonds is 7. The first-order valence-electron chi connectivity index (χ1n) is 11.8. The molecule has 0 bridgehead atoms. The van der Waals surface area contributed by atoms with Gasteiger partial charge in [-0.15, -0.1) is 0 Å². The molecule has 0 spiro atoms. The Morgan fingerprint density at radius 3 is 2.55 bits per heavy atom. The summed E-state index contributed by atoms with van der Waals surface area (Å²) in [6, 6.07) is 26.4. The van der Waals surface area contributed by atoms with Crippen LogP contribution < -0.4 is 15.5 Å². The summed E-state index contributed by atoms with van der Waals surface area (Å²) in [5.74, 6) is 0.492. The van der Waals surface area contributed by atoms with E-state index in [1.807, 2.05) is 30.3 Å². The van der Waals surface area contributed by atoms with Crippen molar-refractivity contribution in [1.29, 1.82) is 0 Å². The highest BCUT2D eigenvalue weighted by Gasteiger charge is 2.37. The fourth-order valence-electron chi connectivity index (χ4n) is 4.54. The van der Waals surface area contributed by atoms with Gasteiger partial charge in [-0.3, -0.25) is 9.59 Å². The summed E-state index contributed by atoms with van der Waals surface area (Å²) in [4.78, 5) is 26.8. The summed E-state index contributed by atoms with van der Waals surface area (Å²) in [5.41, 5.74) is 4.73. The molecule has 3 aromatic rings. The molecule has 33 heavy (non-hydrogen) atoms. The largest absolute Gasteiger partial charge is 0.322 e. The number of benzene rings is 3. The number of carbonyl (C=O) groups excluding carboxylic acids is 2. The third kappa shape index (κ3) is 5.15. The number of hydrogen-bond donors (Lipinski definition) is 2. The molecule has 2 fully saturated rings. The quantitative estimate of drug-likeness (QED) is 0.538. The summed E-state index contributed by atoms with van der Waals surface area (Å²) >= 11 is 0. The monoisotopic (exact) mass is 439 g/mol. The lowest BCUT2D eigenvalue weighted by atomic mass is 10.1. The molecule has 1 aliphatic carbocycles. The van der Waals surface area contributed by atoms with Gasteiger partial charge >= 0.3 is 0 Å². The molecule has 5 rings (SSSR count). The van der Waals surface area contributed by atoms with Crippen molar-refractivity contribution in [2.24, 2.45) is 0 Å².